The quantitative estimate of drug-likeness (QED) is 0.927. The molecule has 2 N–H and O–H groups in total. The van der Waals surface area contributed by atoms with Crippen LogP contribution in [0.15, 0.2) is 24.3 Å². The Morgan fingerprint density at radius 2 is 1.95 bits per heavy atom. The summed E-state index contributed by atoms with van der Waals surface area (Å²) in [6.45, 7) is 6.91. The molecule has 1 aliphatic heterocycles. The average Bonchev–Trinajstić information content (AvgIpc) is 2.73. The Balaban J connectivity index is 0.00000180. The summed E-state index contributed by atoms with van der Waals surface area (Å²) in [6, 6.07) is 7.78. The lowest BCUT2D eigenvalue weighted by atomic mass is 9.78. The summed E-state index contributed by atoms with van der Waals surface area (Å²) in [5, 5.41) is 0. The van der Waals surface area contributed by atoms with Crippen LogP contribution in [-0.2, 0) is 10.2 Å². The highest BCUT2D eigenvalue weighted by atomic mass is 35.5. The summed E-state index contributed by atoms with van der Waals surface area (Å²) in [6.07, 6.45) is 2.09. The summed E-state index contributed by atoms with van der Waals surface area (Å²) in [4.78, 5) is 14.1. The Labute approximate surface area is 121 Å². The van der Waals surface area contributed by atoms with Crippen molar-refractivity contribution >= 4 is 24.0 Å². The minimum atomic E-state index is -0.442. The van der Waals surface area contributed by atoms with Crippen molar-refractivity contribution in [2.24, 2.45) is 5.73 Å². The van der Waals surface area contributed by atoms with Crippen molar-refractivity contribution in [1.82, 2.24) is 0 Å². The van der Waals surface area contributed by atoms with Gasteiger partial charge in [0, 0.05) is 17.6 Å². The molecule has 1 atom stereocenters. The molecule has 0 radical (unpaired) electrons. The zero-order chi connectivity index (χ0) is 13.3. The standard InChI is InChI=1S/C15H22N2O.ClH/c1-4-15(5-2)10-17(14(18)11(3)16)13-9-7-6-8-12(13)15;/h6-9,11H,4-5,10,16H2,1-3H3;1H. The van der Waals surface area contributed by atoms with Gasteiger partial charge >= 0.3 is 0 Å². The van der Waals surface area contributed by atoms with Gasteiger partial charge in [0.15, 0.2) is 0 Å². The van der Waals surface area contributed by atoms with Crippen molar-refractivity contribution in [3.63, 3.8) is 0 Å². The molecule has 0 bridgehead atoms. The minimum Gasteiger partial charge on any atom is -0.320 e. The number of halogens is 1. The van der Waals surface area contributed by atoms with E-state index in [1.807, 2.05) is 17.0 Å². The second-order valence-corrected chi connectivity index (χ2v) is 5.22. The predicted molar refractivity (Wildman–Crippen MR) is 82.0 cm³/mol. The maximum Gasteiger partial charge on any atom is 0.243 e. The molecule has 2 rings (SSSR count). The lowest BCUT2D eigenvalue weighted by Gasteiger charge is -2.28. The van der Waals surface area contributed by atoms with Crippen molar-refractivity contribution in [2.75, 3.05) is 11.4 Å². The zero-order valence-corrected chi connectivity index (χ0v) is 12.7. The number of hydrogen-bond donors (Lipinski definition) is 1. The normalized spacial score (nSPS) is 17.6. The van der Waals surface area contributed by atoms with Gasteiger partial charge in [-0.15, -0.1) is 12.4 Å². The fourth-order valence-corrected chi connectivity index (χ4v) is 2.93. The highest BCUT2D eigenvalue weighted by Crippen LogP contribution is 2.45. The lowest BCUT2D eigenvalue weighted by molar-refractivity contribution is -0.119. The summed E-state index contributed by atoms with van der Waals surface area (Å²) >= 11 is 0. The number of hydrogen-bond acceptors (Lipinski definition) is 2. The number of anilines is 1. The molecule has 1 aliphatic rings. The number of fused-ring (bicyclic) bond motifs is 1. The highest BCUT2D eigenvalue weighted by Gasteiger charge is 2.42. The van der Waals surface area contributed by atoms with Crippen LogP contribution in [0.5, 0.6) is 0 Å². The van der Waals surface area contributed by atoms with Crippen LogP contribution in [0.3, 0.4) is 0 Å². The predicted octanol–water partition coefficient (Wildman–Crippen LogP) is 2.86. The Morgan fingerprint density at radius 1 is 1.37 bits per heavy atom. The molecule has 1 heterocycles. The second kappa shape index (κ2) is 5.93. The molecule has 1 unspecified atom stereocenters. The van der Waals surface area contributed by atoms with E-state index in [0.717, 1.165) is 25.1 Å². The van der Waals surface area contributed by atoms with Gasteiger partial charge in [0.1, 0.15) is 0 Å². The molecule has 4 heteroatoms. The molecule has 0 saturated carbocycles. The molecule has 1 aromatic rings. The number of para-hydroxylation sites is 1. The van der Waals surface area contributed by atoms with E-state index >= 15 is 0 Å². The molecule has 1 amide bonds. The maximum absolute atomic E-state index is 12.2. The molecule has 1 aromatic carbocycles. The van der Waals surface area contributed by atoms with E-state index in [2.05, 4.69) is 26.0 Å². The number of carbonyl (C=O) groups is 1. The smallest absolute Gasteiger partial charge is 0.243 e. The number of rotatable bonds is 3. The van der Waals surface area contributed by atoms with E-state index in [9.17, 15) is 4.79 Å². The van der Waals surface area contributed by atoms with Gasteiger partial charge in [-0.25, -0.2) is 0 Å². The monoisotopic (exact) mass is 282 g/mol. The molecule has 0 spiro atoms. The van der Waals surface area contributed by atoms with Gasteiger partial charge in [-0.3, -0.25) is 4.79 Å². The first-order valence-electron chi connectivity index (χ1n) is 6.72. The van der Waals surface area contributed by atoms with Crippen LogP contribution in [0, 0.1) is 0 Å². The van der Waals surface area contributed by atoms with Gasteiger partial charge in [-0.05, 0) is 31.4 Å². The maximum atomic E-state index is 12.2. The van der Waals surface area contributed by atoms with Crippen LogP contribution in [0.4, 0.5) is 5.69 Å². The van der Waals surface area contributed by atoms with Crippen LogP contribution in [0.1, 0.15) is 39.2 Å². The van der Waals surface area contributed by atoms with Gasteiger partial charge < -0.3 is 10.6 Å². The molecule has 3 nitrogen and oxygen atoms in total. The summed E-state index contributed by atoms with van der Waals surface area (Å²) < 4.78 is 0. The molecular weight excluding hydrogens is 260 g/mol. The van der Waals surface area contributed by atoms with Crippen molar-refractivity contribution in [2.45, 2.75) is 45.1 Å². The van der Waals surface area contributed by atoms with Crippen molar-refractivity contribution in [3.8, 4) is 0 Å². The van der Waals surface area contributed by atoms with E-state index in [-0.39, 0.29) is 23.7 Å². The number of nitrogens with zero attached hydrogens (tertiary/aromatic N) is 1. The highest BCUT2D eigenvalue weighted by molar-refractivity contribution is 5.99. The zero-order valence-electron chi connectivity index (χ0n) is 11.8. The van der Waals surface area contributed by atoms with Gasteiger partial charge in [-0.1, -0.05) is 32.0 Å². The number of benzene rings is 1. The first-order valence-corrected chi connectivity index (χ1v) is 6.72. The molecular formula is C15H23ClN2O. The van der Waals surface area contributed by atoms with Crippen molar-refractivity contribution in [1.29, 1.82) is 0 Å². The van der Waals surface area contributed by atoms with E-state index < -0.39 is 6.04 Å². The van der Waals surface area contributed by atoms with E-state index in [0.29, 0.717) is 0 Å². The summed E-state index contributed by atoms with van der Waals surface area (Å²) in [7, 11) is 0. The van der Waals surface area contributed by atoms with Crippen LogP contribution in [0.25, 0.3) is 0 Å². The van der Waals surface area contributed by atoms with Crippen LogP contribution < -0.4 is 10.6 Å². The van der Waals surface area contributed by atoms with Crippen LogP contribution >= 0.6 is 12.4 Å². The van der Waals surface area contributed by atoms with Gasteiger partial charge in [0.25, 0.3) is 0 Å². The molecule has 0 saturated heterocycles. The lowest BCUT2D eigenvalue weighted by Crippen LogP contribution is -2.44. The van der Waals surface area contributed by atoms with Gasteiger partial charge in [0.2, 0.25) is 5.91 Å². The molecule has 0 fully saturated rings. The van der Waals surface area contributed by atoms with Crippen LogP contribution in [-0.4, -0.2) is 18.5 Å². The number of nitrogens with two attached hydrogens (primary N) is 1. The van der Waals surface area contributed by atoms with E-state index in [1.54, 1.807) is 6.92 Å². The summed E-state index contributed by atoms with van der Waals surface area (Å²) in [5.41, 5.74) is 8.19. The SMILES string of the molecule is CCC1(CC)CN(C(=O)C(C)N)c2ccccc21.Cl. The van der Waals surface area contributed by atoms with E-state index in [1.165, 1.54) is 5.56 Å². The van der Waals surface area contributed by atoms with Gasteiger partial charge in [-0.2, -0.15) is 0 Å². The van der Waals surface area contributed by atoms with E-state index in [4.69, 9.17) is 5.73 Å². The Kier molecular flexibility index (Phi) is 4.99. The topological polar surface area (TPSA) is 46.3 Å². The Morgan fingerprint density at radius 3 is 2.47 bits per heavy atom. The molecule has 19 heavy (non-hydrogen) atoms. The van der Waals surface area contributed by atoms with Gasteiger partial charge in [0.05, 0.1) is 6.04 Å². The number of carbonyl (C=O) groups excluding carboxylic acids is 1. The van der Waals surface area contributed by atoms with Crippen LogP contribution in [0.2, 0.25) is 0 Å². The van der Waals surface area contributed by atoms with Crippen molar-refractivity contribution < 1.29 is 4.79 Å². The molecule has 0 aliphatic carbocycles. The molecule has 0 aromatic heterocycles. The Bertz CT molecular complexity index is 455. The van der Waals surface area contributed by atoms with Crippen molar-refractivity contribution in [3.05, 3.63) is 29.8 Å². The third kappa shape index (κ3) is 2.49. The average molecular weight is 283 g/mol. The first-order chi connectivity index (χ1) is 8.55. The summed E-state index contributed by atoms with van der Waals surface area (Å²) in [5.74, 6) is 0.0197. The Hall–Kier alpha value is -1.06. The minimum absolute atomic E-state index is 0. The fourth-order valence-electron chi connectivity index (χ4n) is 2.93. The first kappa shape index (κ1) is 16.0. The molecule has 106 valence electrons. The largest absolute Gasteiger partial charge is 0.320 e. The third-order valence-corrected chi connectivity index (χ3v) is 4.24. The second-order valence-electron chi connectivity index (χ2n) is 5.22. The fraction of sp³-hybridized carbons (Fsp3) is 0.533. The number of amides is 1. The third-order valence-electron chi connectivity index (χ3n) is 4.24.